The van der Waals surface area contributed by atoms with Gasteiger partial charge in [0.1, 0.15) is 9.90 Å². The lowest BCUT2D eigenvalue weighted by atomic mass is 10.3. The molecule has 0 aliphatic carbocycles. The molecule has 2 aromatic heterocycles. The molecule has 3 aromatic rings. The van der Waals surface area contributed by atoms with Gasteiger partial charge in [0.25, 0.3) is 15.9 Å². The molecule has 0 unspecified atom stereocenters. The van der Waals surface area contributed by atoms with Crippen LogP contribution in [0.1, 0.15) is 10.5 Å². The monoisotopic (exact) mass is 402 g/mol. The fourth-order valence-corrected chi connectivity index (χ4v) is 5.65. The van der Waals surface area contributed by atoms with Crippen LogP contribution in [0.25, 0.3) is 5.69 Å². The SMILES string of the molecule is O=C(c1cncn1-c1ccccc1)N1CCN(S(=O)(=O)c2cccs2)CC1. The number of rotatable bonds is 4. The Balaban J connectivity index is 1.48. The van der Waals surface area contributed by atoms with E-state index in [1.54, 1.807) is 39.5 Å². The number of aromatic nitrogens is 2. The predicted molar refractivity (Wildman–Crippen MR) is 103 cm³/mol. The van der Waals surface area contributed by atoms with Gasteiger partial charge in [-0.25, -0.2) is 13.4 Å². The number of hydrogen-bond donors (Lipinski definition) is 0. The zero-order valence-corrected chi connectivity index (χ0v) is 16.1. The summed E-state index contributed by atoms with van der Waals surface area (Å²) in [5, 5.41) is 1.75. The molecular weight excluding hydrogens is 384 g/mol. The number of carbonyl (C=O) groups is 1. The fraction of sp³-hybridized carbons (Fsp3) is 0.222. The molecule has 27 heavy (non-hydrogen) atoms. The first-order valence-electron chi connectivity index (χ1n) is 8.48. The Morgan fingerprint density at radius 2 is 1.74 bits per heavy atom. The topological polar surface area (TPSA) is 75.5 Å². The van der Waals surface area contributed by atoms with E-state index in [0.717, 1.165) is 5.69 Å². The highest BCUT2D eigenvalue weighted by molar-refractivity contribution is 7.91. The molecular formula is C18H18N4O3S2. The minimum atomic E-state index is -3.48. The lowest BCUT2D eigenvalue weighted by Gasteiger charge is -2.33. The van der Waals surface area contributed by atoms with Crippen molar-refractivity contribution in [1.29, 1.82) is 0 Å². The number of benzene rings is 1. The van der Waals surface area contributed by atoms with Crippen LogP contribution in [0.15, 0.2) is 64.6 Å². The van der Waals surface area contributed by atoms with Crippen LogP contribution < -0.4 is 0 Å². The number of carbonyl (C=O) groups excluding carboxylic acids is 1. The second-order valence-electron chi connectivity index (χ2n) is 6.11. The van der Waals surface area contributed by atoms with Gasteiger partial charge >= 0.3 is 0 Å². The Bertz CT molecular complexity index is 1020. The largest absolute Gasteiger partial charge is 0.335 e. The summed E-state index contributed by atoms with van der Waals surface area (Å²) in [4.78, 5) is 18.7. The van der Waals surface area contributed by atoms with Crippen molar-refractivity contribution >= 4 is 27.3 Å². The first-order chi connectivity index (χ1) is 13.1. The molecule has 1 aromatic carbocycles. The van der Waals surface area contributed by atoms with Crippen molar-refractivity contribution in [3.8, 4) is 5.69 Å². The number of imidazole rings is 1. The normalized spacial score (nSPS) is 15.8. The van der Waals surface area contributed by atoms with Gasteiger partial charge in [0.2, 0.25) is 0 Å². The summed E-state index contributed by atoms with van der Waals surface area (Å²) in [7, 11) is -3.48. The Morgan fingerprint density at radius 1 is 1.00 bits per heavy atom. The van der Waals surface area contributed by atoms with Crippen LogP contribution in [0.2, 0.25) is 0 Å². The van der Waals surface area contributed by atoms with Gasteiger partial charge in [0.15, 0.2) is 0 Å². The molecule has 1 amide bonds. The van der Waals surface area contributed by atoms with Crippen molar-refractivity contribution in [2.45, 2.75) is 4.21 Å². The average molecular weight is 403 g/mol. The van der Waals surface area contributed by atoms with Crippen molar-refractivity contribution in [2.24, 2.45) is 0 Å². The Labute approximate surface area is 161 Å². The molecule has 140 valence electrons. The number of hydrogen-bond acceptors (Lipinski definition) is 5. The number of sulfonamides is 1. The molecule has 0 spiro atoms. The van der Waals surface area contributed by atoms with Gasteiger partial charge < -0.3 is 4.90 Å². The van der Waals surface area contributed by atoms with Gasteiger partial charge in [-0.1, -0.05) is 24.3 Å². The highest BCUT2D eigenvalue weighted by Gasteiger charge is 2.31. The first-order valence-corrected chi connectivity index (χ1v) is 10.8. The van der Waals surface area contributed by atoms with E-state index >= 15 is 0 Å². The third kappa shape index (κ3) is 3.41. The molecule has 4 rings (SSSR count). The zero-order valence-electron chi connectivity index (χ0n) is 14.4. The Kier molecular flexibility index (Phi) is 4.81. The molecule has 1 saturated heterocycles. The van der Waals surface area contributed by atoms with Crippen molar-refractivity contribution in [3.63, 3.8) is 0 Å². The van der Waals surface area contributed by atoms with Gasteiger partial charge in [0.05, 0.1) is 12.5 Å². The lowest BCUT2D eigenvalue weighted by molar-refractivity contribution is 0.0690. The maximum atomic E-state index is 12.9. The third-order valence-corrected chi connectivity index (χ3v) is 7.78. The number of thiophene rings is 1. The van der Waals surface area contributed by atoms with Crippen molar-refractivity contribution in [3.05, 3.63) is 66.1 Å². The summed E-state index contributed by atoms with van der Waals surface area (Å²) in [5.74, 6) is -0.149. The highest BCUT2D eigenvalue weighted by Crippen LogP contribution is 2.22. The molecule has 1 aliphatic heterocycles. The third-order valence-electron chi connectivity index (χ3n) is 4.51. The van der Waals surface area contributed by atoms with E-state index in [2.05, 4.69) is 4.98 Å². The predicted octanol–water partition coefficient (Wildman–Crippen LogP) is 2.08. The van der Waals surface area contributed by atoms with Crippen molar-refractivity contribution < 1.29 is 13.2 Å². The molecule has 0 bridgehead atoms. The summed E-state index contributed by atoms with van der Waals surface area (Å²) in [5.41, 5.74) is 1.33. The molecule has 0 radical (unpaired) electrons. The minimum absolute atomic E-state index is 0.149. The molecule has 7 nitrogen and oxygen atoms in total. The molecule has 3 heterocycles. The van der Waals surface area contributed by atoms with Crippen LogP contribution >= 0.6 is 11.3 Å². The van der Waals surface area contributed by atoms with Gasteiger partial charge in [0, 0.05) is 31.9 Å². The second kappa shape index (κ2) is 7.26. The van der Waals surface area contributed by atoms with E-state index in [0.29, 0.717) is 23.0 Å². The van der Waals surface area contributed by atoms with E-state index in [4.69, 9.17) is 0 Å². The van der Waals surface area contributed by atoms with E-state index in [-0.39, 0.29) is 19.0 Å². The van der Waals surface area contributed by atoms with E-state index in [1.165, 1.54) is 15.6 Å². The van der Waals surface area contributed by atoms with E-state index in [9.17, 15) is 13.2 Å². The van der Waals surface area contributed by atoms with E-state index < -0.39 is 10.0 Å². The van der Waals surface area contributed by atoms with Gasteiger partial charge in [-0.05, 0) is 23.6 Å². The summed E-state index contributed by atoms with van der Waals surface area (Å²) in [6, 6.07) is 12.9. The Morgan fingerprint density at radius 3 is 2.41 bits per heavy atom. The standard InChI is InChI=1S/C18H18N4O3S2/c23-18(16-13-19-14-22(16)15-5-2-1-3-6-15)20-8-10-21(11-9-20)27(24,25)17-7-4-12-26-17/h1-7,12-14H,8-11H2. The summed E-state index contributed by atoms with van der Waals surface area (Å²) in [6.07, 6.45) is 3.16. The molecule has 1 aliphatic rings. The highest BCUT2D eigenvalue weighted by atomic mass is 32.2. The van der Waals surface area contributed by atoms with Crippen LogP contribution in [0, 0.1) is 0 Å². The van der Waals surface area contributed by atoms with Crippen LogP contribution in [-0.4, -0.2) is 59.3 Å². The number of para-hydroxylation sites is 1. The maximum absolute atomic E-state index is 12.9. The lowest BCUT2D eigenvalue weighted by Crippen LogP contribution is -2.50. The number of amides is 1. The molecule has 0 N–H and O–H groups in total. The van der Waals surface area contributed by atoms with Gasteiger partial charge in [-0.3, -0.25) is 9.36 Å². The van der Waals surface area contributed by atoms with Crippen LogP contribution in [0.5, 0.6) is 0 Å². The van der Waals surface area contributed by atoms with Crippen LogP contribution in [-0.2, 0) is 10.0 Å². The average Bonchev–Trinajstić information content (AvgIpc) is 3.40. The molecule has 0 atom stereocenters. The molecule has 0 saturated carbocycles. The van der Waals surface area contributed by atoms with Gasteiger partial charge in [-0.15, -0.1) is 11.3 Å². The molecule has 1 fully saturated rings. The second-order valence-corrected chi connectivity index (χ2v) is 9.23. The zero-order chi connectivity index (χ0) is 18.9. The van der Waals surface area contributed by atoms with E-state index in [1.807, 2.05) is 30.3 Å². The summed E-state index contributed by atoms with van der Waals surface area (Å²) >= 11 is 1.21. The molecule has 9 heteroatoms. The van der Waals surface area contributed by atoms with Crippen molar-refractivity contribution in [1.82, 2.24) is 18.8 Å². The summed E-state index contributed by atoms with van der Waals surface area (Å²) in [6.45, 7) is 1.27. The first kappa shape index (κ1) is 17.9. The Hall–Kier alpha value is -2.49. The number of piperazine rings is 1. The van der Waals surface area contributed by atoms with Crippen LogP contribution in [0.3, 0.4) is 0 Å². The number of nitrogens with zero attached hydrogens (tertiary/aromatic N) is 4. The summed E-state index contributed by atoms with van der Waals surface area (Å²) < 4.78 is 28.7. The van der Waals surface area contributed by atoms with Crippen LogP contribution in [0.4, 0.5) is 0 Å². The minimum Gasteiger partial charge on any atom is -0.335 e. The van der Waals surface area contributed by atoms with Gasteiger partial charge in [-0.2, -0.15) is 4.31 Å². The van der Waals surface area contributed by atoms with Crippen molar-refractivity contribution in [2.75, 3.05) is 26.2 Å². The smallest absolute Gasteiger partial charge is 0.272 e. The quantitative estimate of drug-likeness (QED) is 0.670. The maximum Gasteiger partial charge on any atom is 0.272 e. The fourth-order valence-electron chi connectivity index (χ4n) is 3.08.